The molecule has 4 rings (SSSR count). The van der Waals surface area contributed by atoms with Gasteiger partial charge in [-0.2, -0.15) is 5.10 Å². The quantitative estimate of drug-likeness (QED) is 0.332. The number of aromatic nitrogens is 2. The molecule has 0 unspecified atom stereocenters. The molecular weight excluding hydrogens is 472 g/mol. The maximum absolute atomic E-state index is 13.7. The Kier molecular flexibility index (Phi) is 8.79. The number of nitrogens with zero attached hydrogens (tertiary/aromatic N) is 3. The summed E-state index contributed by atoms with van der Waals surface area (Å²) in [4.78, 5) is 30.7. The molecule has 0 saturated heterocycles. The summed E-state index contributed by atoms with van der Waals surface area (Å²) in [7, 11) is 0. The van der Waals surface area contributed by atoms with Crippen LogP contribution in [0.1, 0.15) is 114 Å². The van der Waals surface area contributed by atoms with Crippen LogP contribution in [-0.4, -0.2) is 46.5 Å². The van der Waals surface area contributed by atoms with Gasteiger partial charge in [-0.25, -0.2) is 0 Å². The Balaban J connectivity index is 1.78. The number of hydrogen-bond acceptors (Lipinski definition) is 3. The van der Waals surface area contributed by atoms with Crippen LogP contribution in [0.5, 0.6) is 0 Å². The number of unbranched alkanes of at least 4 members (excludes halogenated alkanes) is 3. The van der Waals surface area contributed by atoms with Crippen molar-refractivity contribution in [1.29, 1.82) is 0 Å². The number of H-pyrrole nitrogens is 1. The molecule has 0 radical (unpaired) electrons. The molecule has 6 heteroatoms. The zero-order valence-corrected chi connectivity index (χ0v) is 24.4. The van der Waals surface area contributed by atoms with Crippen molar-refractivity contribution in [2.75, 3.05) is 24.5 Å². The maximum atomic E-state index is 13.7. The molecule has 2 aromatic rings. The van der Waals surface area contributed by atoms with Crippen LogP contribution in [0.25, 0.3) is 11.1 Å². The number of fused-ring (bicyclic) bond motifs is 2. The topological polar surface area (TPSA) is 69.3 Å². The van der Waals surface area contributed by atoms with Crippen molar-refractivity contribution in [3.63, 3.8) is 0 Å². The zero-order chi connectivity index (χ0) is 27.4. The molecule has 206 valence electrons. The Morgan fingerprint density at radius 3 is 2.58 bits per heavy atom. The molecule has 1 aromatic carbocycles. The van der Waals surface area contributed by atoms with E-state index in [9.17, 15) is 9.59 Å². The average molecular weight is 519 g/mol. The van der Waals surface area contributed by atoms with E-state index in [-0.39, 0.29) is 18.4 Å². The van der Waals surface area contributed by atoms with Gasteiger partial charge in [0.2, 0.25) is 11.8 Å². The third kappa shape index (κ3) is 5.32. The van der Waals surface area contributed by atoms with E-state index in [4.69, 9.17) is 5.10 Å². The molecule has 2 heterocycles. The van der Waals surface area contributed by atoms with Crippen molar-refractivity contribution in [1.82, 2.24) is 15.1 Å². The van der Waals surface area contributed by atoms with Crippen molar-refractivity contribution < 1.29 is 9.59 Å². The first-order valence-electron chi connectivity index (χ1n) is 14.7. The summed E-state index contributed by atoms with van der Waals surface area (Å²) in [6.07, 6.45) is 11.7. The maximum Gasteiger partial charge on any atom is 0.242 e. The summed E-state index contributed by atoms with van der Waals surface area (Å²) in [5, 5.41) is 7.81. The van der Waals surface area contributed by atoms with Crippen LogP contribution in [0.3, 0.4) is 0 Å². The number of nitrogens with one attached hydrogen (secondary N) is 1. The summed E-state index contributed by atoms with van der Waals surface area (Å²) in [6, 6.07) is 4.41. The van der Waals surface area contributed by atoms with E-state index in [0.29, 0.717) is 6.54 Å². The smallest absolute Gasteiger partial charge is 0.242 e. The van der Waals surface area contributed by atoms with Gasteiger partial charge in [0, 0.05) is 25.0 Å². The minimum atomic E-state index is -0.656. The van der Waals surface area contributed by atoms with Crippen molar-refractivity contribution in [2.45, 2.75) is 105 Å². The van der Waals surface area contributed by atoms with E-state index in [1.54, 1.807) is 4.90 Å². The number of amides is 2. The predicted octanol–water partition coefficient (Wildman–Crippen LogP) is 6.82. The monoisotopic (exact) mass is 518 g/mol. The molecule has 1 aromatic heterocycles. The Labute approximate surface area is 228 Å². The van der Waals surface area contributed by atoms with Crippen LogP contribution >= 0.6 is 0 Å². The summed E-state index contributed by atoms with van der Waals surface area (Å²) in [6.45, 7) is 14.0. The number of hydrogen-bond donors (Lipinski definition) is 1. The second kappa shape index (κ2) is 11.9. The molecule has 1 aliphatic heterocycles. The van der Waals surface area contributed by atoms with Crippen molar-refractivity contribution in [3.05, 3.63) is 46.3 Å². The van der Waals surface area contributed by atoms with Gasteiger partial charge in [-0.15, -0.1) is 0 Å². The third-order valence-corrected chi connectivity index (χ3v) is 8.49. The number of likely N-dealkylation sites (N-methyl/N-ethyl adjacent to an activating group) is 1. The van der Waals surface area contributed by atoms with E-state index in [0.717, 1.165) is 68.4 Å². The molecule has 1 N–H and O–H groups in total. The largest absolute Gasteiger partial charge is 0.341 e. The van der Waals surface area contributed by atoms with E-state index < -0.39 is 5.41 Å². The molecule has 1 aliphatic carbocycles. The van der Waals surface area contributed by atoms with Gasteiger partial charge in [0.1, 0.15) is 6.54 Å². The number of carbonyl (C=O) groups excluding carboxylic acids is 2. The van der Waals surface area contributed by atoms with Crippen LogP contribution in [0.15, 0.2) is 18.3 Å². The lowest BCUT2D eigenvalue weighted by atomic mass is 9.82. The number of rotatable bonds is 11. The van der Waals surface area contributed by atoms with Gasteiger partial charge in [-0.1, -0.05) is 39.2 Å². The molecular formula is C32H46N4O2. The molecule has 38 heavy (non-hydrogen) atoms. The highest BCUT2D eigenvalue weighted by atomic mass is 16.2. The first-order chi connectivity index (χ1) is 18.2. The summed E-state index contributed by atoms with van der Waals surface area (Å²) in [5.74, 6) is 0.0340. The lowest BCUT2D eigenvalue weighted by Crippen LogP contribution is -2.44. The number of aryl methyl sites for hydroxylation is 2. The summed E-state index contributed by atoms with van der Waals surface area (Å²) < 4.78 is 0. The molecule has 0 bridgehead atoms. The van der Waals surface area contributed by atoms with Crippen LogP contribution in [-0.2, 0) is 21.4 Å². The highest BCUT2D eigenvalue weighted by Gasteiger charge is 2.45. The van der Waals surface area contributed by atoms with E-state index in [1.165, 1.54) is 40.7 Å². The van der Waals surface area contributed by atoms with E-state index in [2.05, 4.69) is 44.2 Å². The van der Waals surface area contributed by atoms with Crippen LogP contribution in [0.2, 0.25) is 0 Å². The number of allylic oxidation sites excluding steroid dienone is 2. The molecule has 2 amide bonds. The fraction of sp³-hybridized carbons (Fsp3) is 0.594. The van der Waals surface area contributed by atoms with Crippen molar-refractivity contribution >= 4 is 28.6 Å². The number of aromatic amines is 1. The molecule has 0 fully saturated rings. The Bertz CT molecular complexity index is 1210. The standard InChI is InChI=1S/C32H46N4O2/c1-7-10-12-15-25-24(16-13-14-23-20-33-34-30(23)25)26-19-28-27(18-22(26)4)32(5,6)31(38)36(28)21-29(37)35(9-3)17-11-8-2/h18-20H,7-17,21H2,1-6H3,(H,33,34). The van der Waals surface area contributed by atoms with Crippen molar-refractivity contribution in [3.8, 4) is 0 Å². The van der Waals surface area contributed by atoms with Gasteiger partial charge in [0.15, 0.2) is 0 Å². The lowest BCUT2D eigenvalue weighted by molar-refractivity contribution is -0.131. The van der Waals surface area contributed by atoms with Crippen LogP contribution in [0.4, 0.5) is 5.69 Å². The third-order valence-electron chi connectivity index (χ3n) is 8.49. The number of carbonyl (C=O) groups is 2. The molecule has 2 aliphatic rings. The average Bonchev–Trinajstić information content (AvgIpc) is 3.36. The second-order valence-electron chi connectivity index (χ2n) is 11.6. The first kappa shape index (κ1) is 28.1. The molecule has 0 spiro atoms. The van der Waals surface area contributed by atoms with Gasteiger partial charge >= 0.3 is 0 Å². The minimum Gasteiger partial charge on any atom is -0.341 e. The minimum absolute atomic E-state index is 0.0107. The highest BCUT2D eigenvalue weighted by Crippen LogP contribution is 2.46. The second-order valence-corrected chi connectivity index (χ2v) is 11.6. The lowest BCUT2D eigenvalue weighted by Gasteiger charge is -2.26. The summed E-state index contributed by atoms with van der Waals surface area (Å²) in [5.41, 5.74) is 8.78. The highest BCUT2D eigenvalue weighted by molar-refractivity contribution is 6.11. The fourth-order valence-electron chi connectivity index (χ4n) is 6.14. The first-order valence-corrected chi connectivity index (χ1v) is 14.7. The predicted molar refractivity (Wildman–Crippen MR) is 156 cm³/mol. The normalized spacial score (nSPS) is 16.5. The van der Waals surface area contributed by atoms with Gasteiger partial charge in [-0.05, 0) is 106 Å². The zero-order valence-electron chi connectivity index (χ0n) is 24.4. The van der Waals surface area contributed by atoms with E-state index in [1.807, 2.05) is 25.7 Å². The SMILES string of the molecule is CCCCCC1=C(c2cc3c(cc2C)C(C)(C)C(=O)N3CC(=O)N(CC)CCCC)CCCc2c[nH]nc21. The fourth-order valence-corrected chi connectivity index (χ4v) is 6.14. The van der Waals surface area contributed by atoms with Crippen LogP contribution < -0.4 is 4.90 Å². The van der Waals surface area contributed by atoms with Gasteiger partial charge in [0.05, 0.1) is 11.1 Å². The van der Waals surface area contributed by atoms with Crippen LogP contribution in [0, 0.1) is 6.92 Å². The molecule has 0 atom stereocenters. The van der Waals surface area contributed by atoms with Gasteiger partial charge in [-0.3, -0.25) is 14.7 Å². The Hall–Kier alpha value is -2.89. The Morgan fingerprint density at radius 1 is 1.11 bits per heavy atom. The van der Waals surface area contributed by atoms with Gasteiger partial charge < -0.3 is 9.80 Å². The Morgan fingerprint density at radius 2 is 1.87 bits per heavy atom. The van der Waals surface area contributed by atoms with Gasteiger partial charge in [0.25, 0.3) is 0 Å². The van der Waals surface area contributed by atoms with Crippen molar-refractivity contribution in [2.24, 2.45) is 0 Å². The van der Waals surface area contributed by atoms with E-state index >= 15 is 0 Å². The molecule has 6 nitrogen and oxygen atoms in total. The summed E-state index contributed by atoms with van der Waals surface area (Å²) >= 11 is 0. The number of anilines is 1. The molecule has 0 saturated carbocycles. The number of benzene rings is 1.